The van der Waals surface area contributed by atoms with Crippen molar-refractivity contribution in [2.45, 2.75) is 90.1 Å². The largest absolute Gasteiger partial charge is 0.343 e. The topological polar surface area (TPSA) is 76.2 Å². The Balaban J connectivity index is 1.08. The molecule has 0 spiro atoms. The standard InChI is InChI=1S/C39H55N5O3/c1-39(2,3)33-11-9-28(10-12-33)25-32(37(46)43-21-15-30(16-22-43)29-13-19-41(4)20-14-29)26-36(45)42-23-17-34(18-24-42)44-27-31-7-5-6-8-35(31)40-38(44)47/h5-12,29-30,32,34H,13-27H2,1-4H3,(H,40,47). The molecule has 0 radical (unpaired) electrons. The number of nitrogens with zero attached hydrogens (tertiary/aromatic N) is 4. The van der Waals surface area contributed by atoms with Gasteiger partial charge in [-0.2, -0.15) is 0 Å². The molecule has 2 aromatic rings. The van der Waals surface area contributed by atoms with Gasteiger partial charge in [0.2, 0.25) is 11.8 Å². The number of amides is 4. The molecule has 2 aromatic carbocycles. The van der Waals surface area contributed by atoms with Crippen LogP contribution in [0.2, 0.25) is 0 Å². The number of urea groups is 1. The fourth-order valence-corrected chi connectivity index (χ4v) is 8.31. The van der Waals surface area contributed by atoms with Gasteiger partial charge in [0.1, 0.15) is 0 Å². The Kier molecular flexibility index (Phi) is 10.3. The van der Waals surface area contributed by atoms with Gasteiger partial charge >= 0.3 is 6.03 Å². The van der Waals surface area contributed by atoms with Gasteiger partial charge in [0, 0.05) is 50.9 Å². The van der Waals surface area contributed by atoms with Crippen molar-refractivity contribution in [1.29, 1.82) is 0 Å². The van der Waals surface area contributed by atoms with Crippen molar-refractivity contribution in [3.63, 3.8) is 0 Å². The van der Waals surface area contributed by atoms with Crippen molar-refractivity contribution in [1.82, 2.24) is 19.6 Å². The number of hydrogen-bond acceptors (Lipinski definition) is 4. The third-order valence-corrected chi connectivity index (χ3v) is 11.5. The van der Waals surface area contributed by atoms with Crippen LogP contribution in [0.15, 0.2) is 48.5 Å². The van der Waals surface area contributed by atoms with Gasteiger partial charge in [0.25, 0.3) is 0 Å². The van der Waals surface area contributed by atoms with Gasteiger partial charge in [-0.1, -0.05) is 63.2 Å². The molecule has 254 valence electrons. The summed E-state index contributed by atoms with van der Waals surface area (Å²) < 4.78 is 0. The summed E-state index contributed by atoms with van der Waals surface area (Å²) >= 11 is 0. The first-order chi connectivity index (χ1) is 22.5. The van der Waals surface area contributed by atoms with E-state index in [1.165, 1.54) is 31.5 Å². The highest BCUT2D eigenvalue weighted by atomic mass is 16.2. The average molecular weight is 642 g/mol. The summed E-state index contributed by atoms with van der Waals surface area (Å²) in [6, 6.07) is 16.6. The number of nitrogens with one attached hydrogen (secondary N) is 1. The van der Waals surface area contributed by atoms with Crippen molar-refractivity contribution < 1.29 is 14.4 Å². The van der Waals surface area contributed by atoms with E-state index in [1.807, 2.05) is 28.0 Å². The van der Waals surface area contributed by atoms with E-state index in [-0.39, 0.29) is 41.6 Å². The minimum absolute atomic E-state index is 0.0581. The first-order valence-corrected chi connectivity index (χ1v) is 18.0. The van der Waals surface area contributed by atoms with Crippen molar-refractivity contribution in [2.75, 3.05) is 51.6 Å². The molecule has 1 atom stereocenters. The number of benzene rings is 2. The highest BCUT2D eigenvalue weighted by molar-refractivity contribution is 5.92. The van der Waals surface area contributed by atoms with Gasteiger partial charge in [-0.05, 0) is 105 Å². The van der Waals surface area contributed by atoms with Crippen LogP contribution in [-0.2, 0) is 28.0 Å². The van der Waals surface area contributed by atoms with Crippen LogP contribution >= 0.6 is 0 Å². The van der Waals surface area contributed by atoms with Crippen LogP contribution in [0.25, 0.3) is 0 Å². The molecule has 8 nitrogen and oxygen atoms in total. The van der Waals surface area contributed by atoms with Crippen molar-refractivity contribution in [3.8, 4) is 0 Å². The normalized spacial score (nSPS) is 21.4. The highest BCUT2D eigenvalue weighted by Gasteiger charge is 2.36. The van der Waals surface area contributed by atoms with E-state index in [9.17, 15) is 14.4 Å². The van der Waals surface area contributed by atoms with Crippen molar-refractivity contribution in [2.24, 2.45) is 17.8 Å². The van der Waals surface area contributed by atoms with Crippen molar-refractivity contribution >= 4 is 23.5 Å². The van der Waals surface area contributed by atoms with E-state index in [1.54, 1.807) is 0 Å². The summed E-state index contributed by atoms with van der Waals surface area (Å²) in [6.45, 7) is 12.4. The Labute approximate surface area is 281 Å². The number of anilines is 1. The second-order valence-electron chi connectivity index (χ2n) is 15.7. The van der Waals surface area contributed by atoms with Gasteiger partial charge < -0.3 is 24.9 Å². The molecule has 4 aliphatic heterocycles. The summed E-state index contributed by atoms with van der Waals surface area (Å²) in [5.41, 5.74) is 4.45. The Hall–Kier alpha value is -3.39. The fraction of sp³-hybridized carbons (Fsp3) is 0.615. The second kappa shape index (κ2) is 14.4. The molecular weight excluding hydrogens is 586 g/mol. The SMILES string of the molecule is CN1CCC(C2CCN(C(=O)C(CC(=O)N3CCC(N4Cc5ccccc5NC4=O)CC3)Cc3ccc(C(C)(C)C)cc3)CC2)CC1. The van der Waals surface area contributed by atoms with Gasteiger partial charge in [-0.15, -0.1) is 0 Å². The zero-order valence-electron chi connectivity index (χ0n) is 29.0. The number of likely N-dealkylation sites (tertiary alicyclic amines) is 3. The number of piperidine rings is 3. The number of para-hydroxylation sites is 1. The summed E-state index contributed by atoms with van der Waals surface area (Å²) in [4.78, 5) is 49.2. The predicted octanol–water partition coefficient (Wildman–Crippen LogP) is 6.15. The summed E-state index contributed by atoms with van der Waals surface area (Å²) in [5, 5.41) is 3.03. The number of carbonyl (C=O) groups excluding carboxylic acids is 3. The van der Waals surface area contributed by atoms with Crippen LogP contribution < -0.4 is 5.32 Å². The fourth-order valence-electron chi connectivity index (χ4n) is 8.31. The van der Waals surface area contributed by atoms with E-state index in [0.29, 0.717) is 32.0 Å². The predicted molar refractivity (Wildman–Crippen MR) is 187 cm³/mol. The third-order valence-electron chi connectivity index (χ3n) is 11.5. The van der Waals surface area contributed by atoms with E-state index in [2.05, 4.69) is 73.3 Å². The van der Waals surface area contributed by atoms with Crippen LogP contribution in [0.1, 0.15) is 82.4 Å². The molecule has 1 unspecified atom stereocenters. The first kappa shape index (κ1) is 33.5. The first-order valence-electron chi connectivity index (χ1n) is 18.0. The minimum atomic E-state index is -0.370. The maximum absolute atomic E-state index is 14.2. The van der Waals surface area contributed by atoms with E-state index in [4.69, 9.17) is 0 Å². The van der Waals surface area contributed by atoms with Crippen LogP contribution in [0, 0.1) is 17.8 Å². The lowest BCUT2D eigenvalue weighted by Gasteiger charge is -2.41. The molecule has 0 bridgehead atoms. The van der Waals surface area contributed by atoms with E-state index < -0.39 is 0 Å². The molecule has 0 aromatic heterocycles. The third kappa shape index (κ3) is 8.02. The van der Waals surface area contributed by atoms with Crippen molar-refractivity contribution in [3.05, 3.63) is 65.2 Å². The Morgan fingerprint density at radius 3 is 2.04 bits per heavy atom. The molecule has 47 heavy (non-hydrogen) atoms. The summed E-state index contributed by atoms with van der Waals surface area (Å²) in [6.07, 6.45) is 6.99. The summed E-state index contributed by atoms with van der Waals surface area (Å²) in [7, 11) is 2.21. The number of rotatable bonds is 7. The van der Waals surface area contributed by atoms with Crippen LogP contribution in [-0.4, -0.2) is 89.8 Å². The lowest BCUT2D eigenvalue weighted by Crippen LogP contribution is -2.51. The Morgan fingerprint density at radius 2 is 1.40 bits per heavy atom. The molecule has 4 amide bonds. The maximum Gasteiger partial charge on any atom is 0.322 e. The van der Waals surface area contributed by atoms with Gasteiger partial charge in [0.05, 0.1) is 5.92 Å². The van der Waals surface area contributed by atoms with Crippen LogP contribution in [0.4, 0.5) is 10.5 Å². The monoisotopic (exact) mass is 641 g/mol. The lowest BCUT2D eigenvalue weighted by atomic mass is 9.78. The zero-order valence-corrected chi connectivity index (χ0v) is 29.0. The lowest BCUT2D eigenvalue weighted by molar-refractivity contribution is -0.143. The van der Waals surface area contributed by atoms with Crippen LogP contribution in [0.3, 0.4) is 0 Å². The van der Waals surface area contributed by atoms with E-state index >= 15 is 0 Å². The highest BCUT2D eigenvalue weighted by Crippen LogP contribution is 2.34. The molecule has 0 saturated carbocycles. The quantitative estimate of drug-likeness (QED) is 0.394. The molecule has 3 saturated heterocycles. The molecular formula is C39H55N5O3. The molecule has 0 aliphatic carbocycles. The zero-order chi connectivity index (χ0) is 33.1. The maximum atomic E-state index is 14.2. The van der Waals surface area contributed by atoms with E-state index in [0.717, 1.165) is 61.5 Å². The number of fused-ring (bicyclic) bond motifs is 1. The number of hydrogen-bond donors (Lipinski definition) is 1. The van der Waals surface area contributed by atoms with Crippen LogP contribution in [0.5, 0.6) is 0 Å². The van der Waals surface area contributed by atoms with Gasteiger partial charge in [-0.25, -0.2) is 4.79 Å². The molecule has 4 aliphatic rings. The minimum Gasteiger partial charge on any atom is -0.343 e. The molecule has 3 fully saturated rings. The summed E-state index contributed by atoms with van der Waals surface area (Å²) in [5.74, 6) is 1.30. The molecule has 8 heteroatoms. The molecule has 1 N–H and O–H groups in total. The Morgan fingerprint density at radius 1 is 0.809 bits per heavy atom. The molecule has 4 heterocycles. The van der Waals surface area contributed by atoms with Gasteiger partial charge in [0.15, 0.2) is 0 Å². The number of carbonyl (C=O) groups is 3. The average Bonchev–Trinajstić information content (AvgIpc) is 3.07. The smallest absolute Gasteiger partial charge is 0.322 e. The molecule has 6 rings (SSSR count). The van der Waals surface area contributed by atoms with Gasteiger partial charge in [-0.3, -0.25) is 9.59 Å². The Bertz CT molecular complexity index is 1390. The second-order valence-corrected chi connectivity index (χ2v) is 15.7.